The lowest BCUT2D eigenvalue weighted by Crippen LogP contribution is -2.31. The minimum absolute atomic E-state index is 0.000975. The van der Waals surface area contributed by atoms with Gasteiger partial charge >= 0.3 is 5.97 Å². The van der Waals surface area contributed by atoms with Gasteiger partial charge in [-0.1, -0.05) is 6.07 Å². The maximum Gasteiger partial charge on any atom is 0.323 e. The van der Waals surface area contributed by atoms with E-state index in [0.717, 1.165) is 24.5 Å². The van der Waals surface area contributed by atoms with E-state index in [1.54, 1.807) is 0 Å². The molecule has 1 aliphatic heterocycles. The smallest absolute Gasteiger partial charge is 0.323 e. The molecule has 1 aromatic carbocycles. The first-order valence-electron chi connectivity index (χ1n) is 7.50. The molecular formula is C16H24N2O3. The van der Waals surface area contributed by atoms with Crippen molar-refractivity contribution in [3.8, 4) is 5.75 Å². The van der Waals surface area contributed by atoms with Crippen LogP contribution in [-0.4, -0.2) is 44.9 Å². The Bertz CT molecular complexity index is 474. The third kappa shape index (κ3) is 3.88. The first kappa shape index (κ1) is 15.6. The lowest BCUT2D eigenvalue weighted by molar-refractivity contribution is -0.142. The standard InChI is InChI=1S/C16H24N2O3/c1-4-18(5-2)12-7-6-8-13(9-12)21-14-10-15(17-11-14)16(19)20-3/h6-9,14-15,17H,4-5,10-11H2,1-3H3/t14-,15+/m1/s1. The summed E-state index contributed by atoms with van der Waals surface area (Å²) in [6.45, 7) is 6.87. The minimum Gasteiger partial charge on any atom is -0.489 e. The first-order valence-corrected chi connectivity index (χ1v) is 7.50. The summed E-state index contributed by atoms with van der Waals surface area (Å²) in [5.74, 6) is 0.620. The zero-order chi connectivity index (χ0) is 15.2. The molecule has 0 saturated carbocycles. The van der Waals surface area contributed by atoms with Crippen LogP contribution in [0.4, 0.5) is 5.69 Å². The second-order valence-corrected chi connectivity index (χ2v) is 5.13. The summed E-state index contributed by atoms with van der Waals surface area (Å²) < 4.78 is 10.7. The molecule has 0 aromatic heterocycles. The Balaban J connectivity index is 1.98. The summed E-state index contributed by atoms with van der Waals surface area (Å²) in [7, 11) is 1.41. The van der Waals surface area contributed by atoms with Gasteiger partial charge in [0.1, 0.15) is 17.9 Å². The minimum atomic E-state index is -0.258. The van der Waals surface area contributed by atoms with Crippen LogP contribution in [0.15, 0.2) is 24.3 Å². The molecule has 0 amide bonds. The van der Waals surface area contributed by atoms with Crippen LogP contribution in [-0.2, 0) is 9.53 Å². The number of benzene rings is 1. The predicted octanol–water partition coefficient (Wildman–Crippen LogP) is 1.82. The number of rotatable bonds is 6. The molecule has 0 bridgehead atoms. The van der Waals surface area contributed by atoms with Crippen LogP contribution in [0, 0.1) is 0 Å². The normalized spacial score (nSPS) is 21.1. The van der Waals surface area contributed by atoms with Crippen molar-refractivity contribution < 1.29 is 14.3 Å². The van der Waals surface area contributed by atoms with Crippen molar-refractivity contribution in [2.45, 2.75) is 32.4 Å². The summed E-state index contributed by atoms with van der Waals surface area (Å²) >= 11 is 0. The number of esters is 1. The second-order valence-electron chi connectivity index (χ2n) is 5.13. The van der Waals surface area contributed by atoms with Gasteiger partial charge in [-0.2, -0.15) is 0 Å². The van der Waals surface area contributed by atoms with E-state index in [-0.39, 0.29) is 18.1 Å². The van der Waals surface area contributed by atoms with Crippen molar-refractivity contribution >= 4 is 11.7 Å². The van der Waals surface area contributed by atoms with Gasteiger partial charge in [0.2, 0.25) is 0 Å². The summed E-state index contributed by atoms with van der Waals surface area (Å²) in [6.07, 6.45) is 0.642. The van der Waals surface area contributed by atoms with Crippen molar-refractivity contribution in [1.82, 2.24) is 5.32 Å². The van der Waals surface area contributed by atoms with Gasteiger partial charge in [0, 0.05) is 37.8 Å². The number of ether oxygens (including phenoxy) is 2. The van der Waals surface area contributed by atoms with E-state index in [2.05, 4.69) is 36.2 Å². The number of nitrogens with zero attached hydrogens (tertiary/aromatic N) is 1. The molecule has 1 aliphatic rings. The number of hydrogen-bond donors (Lipinski definition) is 1. The number of methoxy groups -OCH3 is 1. The Morgan fingerprint density at radius 3 is 2.81 bits per heavy atom. The largest absolute Gasteiger partial charge is 0.489 e. The number of hydrogen-bond acceptors (Lipinski definition) is 5. The first-order chi connectivity index (χ1) is 10.2. The lowest BCUT2D eigenvalue weighted by Gasteiger charge is -2.22. The molecular weight excluding hydrogens is 268 g/mol. The van der Waals surface area contributed by atoms with Crippen LogP contribution >= 0.6 is 0 Å². The van der Waals surface area contributed by atoms with Gasteiger partial charge in [0.05, 0.1) is 7.11 Å². The van der Waals surface area contributed by atoms with Crippen molar-refractivity contribution in [1.29, 1.82) is 0 Å². The Kier molecular flexibility index (Phi) is 5.44. The molecule has 0 aliphatic carbocycles. The topological polar surface area (TPSA) is 50.8 Å². The van der Waals surface area contributed by atoms with E-state index in [0.29, 0.717) is 13.0 Å². The fraction of sp³-hybridized carbons (Fsp3) is 0.562. The molecule has 2 atom stereocenters. The molecule has 1 aromatic rings. The molecule has 0 radical (unpaired) electrons. The van der Waals surface area contributed by atoms with Gasteiger partial charge in [-0.05, 0) is 26.0 Å². The average molecular weight is 292 g/mol. The molecule has 116 valence electrons. The molecule has 2 rings (SSSR count). The predicted molar refractivity (Wildman–Crippen MR) is 82.8 cm³/mol. The van der Waals surface area contributed by atoms with Crippen LogP contribution < -0.4 is 15.0 Å². The number of nitrogens with one attached hydrogen (secondary N) is 1. The summed E-state index contributed by atoms with van der Waals surface area (Å²) in [6, 6.07) is 7.84. The zero-order valence-corrected chi connectivity index (χ0v) is 13.0. The maximum absolute atomic E-state index is 11.5. The Morgan fingerprint density at radius 2 is 2.14 bits per heavy atom. The zero-order valence-electron chi connectivity index (χ0n) is 13.0. The van der Waals surface area contributed by atoms with E-state index >= 15 is 0 Å². The highest BCUT2D eigenvalue weighted by molar-refractivity contribution is 5.76. The van der Waals surface area contributed by atoms with E-state index < -0.39 is 0 Å². The second kappa shape index (κ2) is 7.31. The van der Waals surface area contributed by atoms with E-state index in [4.69, 9.17) is 9.47 Å². The number of anilines is 1. The van der Waals surface area contributed by atoms with Gasteiger partial charge in [0.15, 0.2) is 0 Å². The van der Waals surface area contributed by atoms with Crippen molar-refractivity contribution in [2.24, 2.45) is 0 Å². The molecule has 5 heteroatoms. The van der Waals surface area contributed by atoms with Crippen LogP contribution in [0.2, 0.25) is 0 Å². The van der Waals surface area contributed by atoms with E-state index in [1.807, 2.05) is 12.1 Å². The SMILES string of the molecule is CCN(CC)c1cccc(O[C@H]2CN[C@H](C(=O)OC)C2)c1. The summed E-state index contributed by atoms with van der Waals surface area (Å²) in [5.41, 5.74) is 1.16. The Hall–Kier alpha value is -1.75. The lowest BCUT2D eigenvalue weighted by atomic mass is 10.2. The molecule has 0 spiro atoms. The quantitative estimate of drug-likeness (QED) is 0.811. The average Bonchev–Trinajstić information content (AvgIpc) is 2.96. The fourth-order valence-corrected chi connectivity index (χ4v) is 2.65. The highest BCUT2D eigenvalue weighted by atomic mass is 16.5. The molecule has 21 heavy (non-hydrogen) atoms. The monoisotopic (exact) mass is 292 g/mol. The molecule has 1 heterocycles. The van der Waals surface area contributed by atoms with Crippen LogP contribution in [0.3, 0.4) is 0 Å². The fourth-order valence-electron chi connectivity index (χ4n) is 2.65. The van der Waals surface area contributed by atoms with Crippen LogP contribution in [0.5, 0.6) is 5.75 Å². The van der Waals surface area contributed by atoms with Crippen molar-refractivity contribution in [3.63, 3.8) is 0 Å². The highest BCUT2D eigenvalue weighted by Crippen LogP contribution is 2.23. The number of carbonyl (C=O) groups excluding carboxylic acids is 1. The molecule has 0 unspecified atom stereocenters. The highest BCUT2D eigenvalue weighted by Gasteiger charge is 2.31. The van der Waals surface area contributed by atoms with Gasteiger partial charge in [0.25, 0.3) is 0 Å². The van der Waals surface area contributed by atoms with Crippen molar-refractivity contribution in [2.75, 3.05) is 31.6 Å². The van der Waals surface area contributed by atoms with Gasteiger partial charge < -0.3 is 19.7 Å². The van der Waals surface area contributed by atoms with Gasteiger partial charge in [-0.25, -0.2) is 0 Å². The Labute approximate surface area is 126 Å². The van der Waals surface area contributed by atoms with Crippen molar-refractivity contribution in [3.05, 3.63) is 24.3 Å². The third-order valence-electron chi connectivity index (χ3n) is 3.83. The molecule has 1 N–H and O–H groups in total. The number of carbonyl (C=O) groups is 1. The summed E-state index contributed by atoms with van der Waals surface area (Å²) in [4.78, 5) is 13.8. The maximum atomic E-state index is 11.5. The van der Waals surface area contributed by atoms with E-state index in [9.17, 15) is 4.79 Å². The summed E-state index contributed by atoms with van der Waals surface area (Å²) in [5, 5.41) is 3.13. The van der Waals surface area contributed by atoms with Crippen LogP contribution in [0.1, 0.15) is 20.3 Å². The molecule has 5 nitrogen and oxygen atoms in total. The third-order valence-corrected chi connectivity index (χ3v) is 3.83. The van der Waals surface area contributed by atoms with Crippen LogP contribution in [0.25, 0.3) is 0 Å². The van der Waals surface area contributed by atoms with E-state index in [1.165, 1.54) is 7.11 Å². The molecule has 1 saturated heterocycles. The molecule has 1 fully saturated rings. The Morgan fingerprint density at radius 1 is 1.38 bits per heavy atom. The van der Waals surface area contributed by atoms with Gasteiger partial charge in [-0.3, -0.25) is 4.79 Å². The van der Waals surface area contributed by atoms with Gasteiger partial charge in [-0.15, -0.1) is 0 Å².